The van der Waals surface area contributed by atoms with Gasteiger partial charge in [-0.1, -0.05) is 32.4 Å². The second-order valence-electron chi connectivity index (χ2n) is 5.44. The van der Waals surface area contributed by atoms with Crippen molar-refractivity contribution in [1.82, 2.24) is 14.9 Å². The molecule has 7 nitrogen and oxygen atoms in total. The number of aromatic nitrogens is 2. The van der Waals surface area contributed by atoms with Crippen LogP contribution < -0.4 is 16.0 Å². The van der Waals surface area contributed by atoms with Gasteiger partial charge >= 0.3 is 0 Å². The first kappa shape index (κ1) is 16.7. The first-order chi connectivity index (χ1) is 10.9. The summed E-state index contributed by atoms with van der Waals surface area (Å²) in [5, 5.41) is 13.9. The molecule has 7 heteroatoms. The molecule has 23 heavy (non-hydrogen) atoms. The van der Waals surface area contributed by atoms with Crippen molar-refractivity contribution in [3.05, 3.63) is 40.9 Å². The molecule has 122 valence electrons. The van der Waals surface area contributed by atoms with Crippen molar-refractivity contribution >= 4 is 22.8 Å². The predicted molar refractivity (Wildman–Crippen MR) is 82.4 cm³/mol. The number of aliphatic carboxylic acids is 1. The van der Waals surface area contributed by atoms with Crippen LogP contribution in [0.3, 0.4) is 0 Å². The number of hydrogen-bond donors (Lipinski definition) is 1. The number of amides is 1. The number of para-hydroxylation sites is 1. The minimum atomic E-state index is -1.34. The molecular weight excluding hydrogens is 298 g/mol. The summed E-state index contributed by atoms with van der Waals surface area (Å²) in [5.74, 6) is -2.18. The fourth-order valence-corrected chi connectivity index (χ4v) is 2.26. The van der Waals surface area contributed by atoms with Gasteiger partial charge < -0.3 is 15.2 Å². The maximum Gasteiger partial charge on any atom is 0.261 e. The van der Waals surface area contributed by atoms with Crippen LogP contribution in [0.2, 0.25) is 0 Å². The molecule has 0 unspecified atom stereocenters. The molecular formula is C16H18N3O4-. The Bertz CT molecular complexity index is 784. The summed E-state index contributed by atoms with van der Waals surface area (Å²) in [6.45, 7) is 3.24. The number of hydrogen-bond acceptors (Lipinski definition) is 5. The predicted octanol–water partition coefficient (Wildman–Crippen LogP) is -0.323. The van der Waals surface area contributed by atoms with Crippen molar-refractivity contribution < 1.29 is 14.7 Å². The van der Waals surface area contributed by atoms with Crippen molar-refractivity contribution in [1.29, 1.82) is 0 Å². The highest BCUT2D eigenvalue weighted by Gasteiger charge is 2.19. The van der Waals surface area contributed by atoms with E-state index < -0.39 is 17.9 Å². The lowest BCUT2D eigenvalue weighted by Gasteiger charge is -2.25. The third-order valence-electron chi connectivity index (χ3n) is 3.83. The number of nitrogens with zero attached hydrogens (tertiary/aromatic N) is 2. The van der Waals surface area contributed by atoms with Crippen LogP contribution in [0.4, 0.5) is 0 Å². The lowest BCUT2D eigenvalue weighted by Crippen LogP contribution is -2.52. The summed E-state index contributed by atoms with van der Waals surface area (Å²) in [5.41, 5.74) is 0.195. The zero-order valence-electron chi connectivity index (χ0n) is 13.0. The molecule has 0 fully saturated rings. The largest absolute Gasteiger partial charge is 0.548 e. The normalized spacial score (nSPS) is 13.5. The number of carboxylic acid groups (broad SMARTS) is 1. The van der Waals surface area contributed by atoms with Gasteiger partial charge in [0.15, 0.2) is 0 Å². The van der Waals surface area contributed by atoms with Gasteiger partial charge in [-0.2, -0.15) is 0 Å². The average molecular weight is 316 g/mol. The minimum absolute atomic E-state index is 0.268. The van der Waals surface area contributed by atoms with E-state index in [9.17, 15) is 19.5 Å². The van der Waals surface area contributed by atoms with Gasteiger partial charge in [-0.25, -0.2) is 4.98 Å². The van der Waals surface area contributed by atoms with Crippen LogP contribution in [0.1, 0.15) is 20.3 Å². The highest BCUT2D eigenvalue weighted by molar-refractivity contribution is 5.83. The Morgan fingerprint density at radius 2 is 2.04 bits per heavy atom. The van der Waals surface area contributed by atoms with E-state index in [4.69, 9.17) is 0 Å². The molecule has 0 aliphatic heterocycles. The summed E-state index contributed by atoms with van der Waals surface area (Å²) in [7, 11) is 0. The molecule has 2 aromatic rings. The highest BCUT2D eigenvalue weighted by Crippen LogP contribution is 2.07. The first-order valence-electron chi connectivity index (χ1n) is 7.38. The molecule has 1 aromatic carbocycles. The van der Waals surface area contributed by atoms with Crippen molar-refractivity contribution in [3.63, 3.8) is 0 Å². The van der Waals surface area contributed by atoms with E-state index in [1.165, 1.54) is 6.33 Å². The molecule has 1 heterocycles. The molecule has 0 saturated carbocycles. The second kappa shape index (κ2) is 7.04. The number of carboxylic acids is 1. The molecule has 0 saturated heterocycles. The number of carbonyl (C=O) groups is 2. The minimum Gasteiger partial charge on any atom is -0.548 e. The van der Waals surface area contributed by atoms with Gasteiger partial charge in [0, 0.05) is 0 Å². The molecule has 2 atom stereocenters. The van der Waals surface area contributed by atoms with Gasteiger partial charge in [-0.3, -0.25) is 14.2 Å². The van der Waals surface area contributed by atoms with Crippen LogP contribution in [-0.4, -0.2) is 27.5 Å². The van der Waals surface area contributed by atoms with Crippen molar-refractivity contribution in [2.75, 3.05) is 0 Å². The van der Waals surface area contributed by atoms with Crippen LogP contribution >= 0.6 is 0 Å². The van der Waals surface area contributed by atoms with Crippen LogP contribution in [0.5, 0.6) is 0 Å². The zero-order chi connectivity index (χ0) is 17.0. The van der Waals surface area contributed by atoms with Crippen LogP contribution in [-0.2, 0) is 16.1 Å². The molecule has 0 aliphatic rings. The van der Waals surface area contributed by atoms with Crippen molar-refractivity contribution in [2.24, 2.45) is 5.92 Å². The van der Waals surface area contributed by atoms with E-state index in [1.54, 1.807) is 31.2 Å². The zero-order valence-corrected chi connectivity index (χ0v) is 13.0. The Labute approximate surface area is 133 Å². The maximum absolute atomic E-state index is 12.3. The molecule has 0 aliphatic carbocycles. The third kappa shape index (κ3) is 3.74. The lowest BCUT2D eigenvalue weighted by atomic mass is 9.99. The van der Waals surface area contributed by atoms with Gasteiger partial charge in [0.1, 0.15) is 6.54 Å². The smallest absolute Gasteiger partial charge is 0.261 e. The third-order valence-corrected chi connectivity index (χ3v) is 3.83. The summed E-state index contributed by atoms with van der Waals surface area (Å²) >= 11 is 0. The lowest BCUT2D eigenvalue weighted by molar-refractivity contribution is -0.309. The Hall–Kier alpha value is -2.70. The number of benzene rings is 1. The molecule has 2 rings (SSSR count). The number of fused-ring (bicyclic) bond motifs is 1. The molecule has 1 aromatic heterocycles. The van der Waals surface area contributed by atoms with Crippen LogP contribution in [0.15, 0.2) is 35.4 Å². The highest BCUT2D eigenvalue weighted by atomic mass is 16.4. The summed E-state index contributed by atoms with van der Waals surface area (Å²) in [6, 6.07) is 5.72. The van der Waals surface area contributed by atoms with Gasteiger partial charge in [0.2, 0.25) is 5.91 Å². The Morgan fingerprint density at radius 3 is 2.70 bits per heavy atom. The van der Waals surface area contributed by atoms with E-state index in [2.05, 4.69) is 10.3 Å². The molecule has 0 spiro atoms. The topological polar surface area (TPSA) is 104 Å². The van der Waals surface area contributed by atoms with E-state index in [0.717, 1.165) is 4.57 Å². The second-order valence-corrected chi connectivity index (χ2v) is 5.44. The Kier molecular flexibility index (Phi) is 5.10. The monoisotopic (exact) mass is 316 g/mol. The summed E-state index contributed by atoms with van der Waals surface area (Å²) < 4.78 is 1.15. The van der Waals surface area contributed by atoms with E-state index >= 15 is 0 Å². The molecule has 1 amide bonds. The fourth-order valence-electron chi connectivity index (χ4n) is 2.26. The Morgan fingerprint density at radius 1 is 1.35 bits per heavy atom. The van der Waals surface area contributed by atoms with Crippen molar-refractivity contribution in [3.8, 4) is 0 Å². The molecule has 0 bridgehead atoms. The van der Waals surface area contributed by atoms with Crippen molar-refractivity contribution in [2.45, 2.75) is 32.9 Å². The van der Waals surface area contributed by atoms with Gasteiger partial charge in [0.25, 0.3) is 5.56 Å². The van der Waals surface area contributed by atoms with E-state index in [0.29, 0.717) is 17.3 Å². The standard InChI is InChI=1S/C16H19N3O4/c1-3-10(2)14(16(22)23)18-13(20)8-19-9-17-12-7-5-4-6-11(12)15(19)21/h4-7,9-10,14H,3,8H2,1-2H3,(H,18,20)(H,22,23)/p-1/t10-,14+/m1/s1. The Balaban J connectivity index is 2.19. The fraction of sp³-hybridized carbons (Fsp3) is 0.375. The molecule has 0 radical (unpaired) electrons. The van der Waals surface area contributed by atoms with Crippen LogP contribution in [0, 0.1) is 5.92 Å². The SMILES string of the molecule is CC[C@@H](C)[C@H](NC(=O)Cn1cnc2ccccc2c1=O)C(=O)[O-]. The average Bonchev–Trinajstić information content (AvgIpc) is 2.54. The number of carbonyl (C=O) groups excluding carboxylic acids is 2. The summed E-state index contributed by atoms with van der Waals surface area (Å²) in [6.07, 6.45) is 1.86. The summed E-state index contributed by atoms with van der Waals surface area (Å²) in [4.78, 5) is 39.6. The van der Waals surface area contributed by atoms with Gasteiger partial charge in [0.05, 0.1) is 29.2 Å². The molecule has 1 N–H and O–H groups in total. The number of nitrogens with one attached hydrogen (secondary N) is 1. The van der Waals surface area contributed by atoms with Gasteiger partial charge in [-0.15, -0.1) is 0 Å². The van der Waals surface area contributed by atoms with E-state index in [-0.39, 0.29) is 18.0 Å². The van der Waals surface area contributed by atoms with Crippen LogP contribution in [0.25, 0.3) is 10.9 Å². The number of rotatable bonds is 6. The maximum atomic E-state index is 12.3. The quantitative estimate of drug-likeness (QED) is 0.786. The van der Waals surface area contributed by atoms with Gasteiger partial charge in [-0.05, 0) is 18.1 Å². The van der Waals surface area contributed by atoms with E-state index in [1.807, 2.05) is 6.92 Å². The first-order valence-corrected chi connectivity index (χ1v) is 7.38.